The largest absolute Gasteiger partial charge is 0.497 e. The lowest BCUT2D eigenvalue weighted by atomic mass is 10.1. The number of ether oxygens (including phenoxy) is 1. The van der Waals surface area contributed by atoms with Gasteiger partial charge in [0.05, 0.1) is 22.6 Å². The van der Waals surface area contributed by atoms with E-state index in [0.29, 0.717) is 22.8 Å². The third kappa shape index (κ3) is 6.44. The molecule has 0 radical (unpaired) electrons. The van der Waals surface area contributed by atoms with E-state index >= 15 is 0 Å². The summed E-state index contributed by atoms with van der Waals surface area (Å²) in [6.07, 6.45) is 0. The number of amides is 1. The summed E-state index contributed by atoms with van der Waals surface area (Å²) < 4.78 is 61.4. The number of hydrogen-bond donors (Lipinski definition) is 2. The lowest BCUT2D eigenvalue weighted by molar-refractivity contribution is -0.114. The van der Waals surface area contributed by atoms with Gasteiger partial charge in [-0.1, -0.05) is 30.3 Å². The minimum atomic E-state index is -4.06. The molecule has 0 atom stereocenters. The maximum absolute atomic E-state index is 13.6. The van der Waals surface area contributed by atoms with E-state index in [2.05, 4.69) is 10.0 Å². The molecule has 1 amide bonds. The van der Waals surface area contributed by atoms with Gasteiger partial charge in [0.15, 0.2) is 0 Å². The second-order valence-electron chi connectivity index (χ2n) is 8.95. The van der Waals surface area contributed by atoms with Crippen molar-refractivity contribution >= 4 is 43.0 Å². The Labute approximate surface area is 234 Å². The lowest BCUT2D eigenvalue weighted by Crippen LogP contribution is -2.38. The summed E-state index contributed by atoms with van der Waals surface area (Å²) in [5.74, 6) is 0.00288. The van der Waals surface area contributed by atoms with Crippen LogP contribution >= 0.6 is 0 Å². The predicted octanol–water partition coefficient (Wildman–Crippen LogP) is 4.95. The van der Waals surface area contributed by atoms with E-state index in [9.17, 15) is 21.6 Å². The topological polar surface area (TPSA) is 122 Å². The Morgan fingerprint density at radius 2 is 1.38 bits per heavy atom. The molecule has 0 fully saturated rings. The van der Waals surface area contributed by atoms with Crippen molar-refractivity contribution in [3.8, 4) is 5.75 Å². The molecule has 9 nitrogen and oxygen atoms in total. The van der Waals surface area contributed by atoms with Crippen molar-refractivity contribution in [2.45, 2.75) is 23.6 Å². The van der Waals surface area contributed by atoms with Crippen LogP contribution in [0.15, 0.2) is 107 Å². The van der Waals surface area contributed by atoms with Gasteiger partial charge < -0.3 is 10.1 Å². The number of nitrogens with one attached hydrogen (secondary N) is 2. The van der Waals surface area contributed by atoms with Crippen LogP contribution in [0.1, 0.15) is 11.1 Å². The molecular weight excluding hydrogens is 550 g/mol. The second kappa shape index (κ2) is 11.8. The van der Waals surface area contributed by atoms with E-state index in [1.54, 1.807) is 61.5 Å². The molecule has 0 aliphatic carbocycles. The Morgan fingerprint density at radius 3 is 2.00 bits per heavy atom. The molecule has 0 aromatic heterocycles. The zero-order valence-corrected chi connectivity index (χ0v) is 23.8. The van der Waals surface area contributed by atoms with Crippen molar-refractivity contribution in [3.63, 3.8) is 0 Å². The van der Waals surface area contributed by atoms with Gasteiger partial charge >= 0.3 is 0 Å². The summed E-state index contributed by atoms with van der Waals surface area (Å²) in [4.78, 5) is 13.1. The van der Waals surface area contributed by atoms with Gasteiger partial charge in [-0.25, -0.2) is 16.8 Å². The maximum Gasteiger partial charge on any atom is 0.264 e. The first-order chi connectivity index (χ1) is 19.0. The van der Waals surface area contributed by atoms with Gasteiger partial charge in [0.1, 0.15) is 12.3 Å². The van der Waals surface area contributed by atoms with Gasteiger partial charge in [-0.15, -0.1) is 0 Å². The molecule has 0 unspecified atom stereocenters. The van der Waals surface area contributed by atoms with Gasteiger partial charge in [0.25, 0.3) is 20.0 Å². The molecule has 0 aliphatic rings. The van der Waals surface area contributed by atoms with Crippen LogP contribution < -0.4 is 19.1 Å². The first kappa shape index (κ1) is 28.7. The van der Waals surface area contributed by atoms with Crippen molar-refractivity contribution in [2.24, 2.45) is 0 Å². The average molecular weight is 580 g/mol. The number of carbonyl (C=O) groups excluding carboxylic acids is 1. The molecule has 0 bridgehead atoms. The number of sulfonamides is 2. The molecule has 0 spiro atoms. The van der Waals surface area contributed by atoms with Crippen LogP contribution in [-0.4, -0.2) is 36.4 Å². The lowest BCUT2D eigenvalue weighted by Gasteiger charge is -2.26. The van der Waals surface area contributed by atoms with Crippen molar-refractivity contribution in [2.75, 3.05) is 28.0 Å². The van der Waals surface area contributed by atoms with Crippen LogP contribution in [0, 0.1) is 13.8 Å². The fourth-order valence-electron chi connectivity index (χ4n) is 3.95. The first-order valence-electron chi connectivity index (χ1n) is 12.2. The fourth-order valence-corrected chi connectivity index (χ4v) is 6.50. The molecule has 11 heteroatoms. The molecule has 4 rings (SSSR count). The summed E-state index contributed by atoms with van der Waals surface area (Å²) in [6, 6.07) is 25.2. The molecule has 208 valence electrons. The Hall–Kier alpha value is -4.35. The van der Waals surface area contributed by atoms with Crippen molar-refractivity contribution in [3.05, 3.63) is 108 Å². The SMILES string of the molecule is COc1ccc(NS(=O)(=O)c2ccc(NC(=O)CN(c3cccc(C)c3C)S(=O)(=O)c3ccccc3)cc2)cc1. The van der Waals surface area contributed by atoms with Crippen LogP contribution in [0.2, 0.25) is 0 Å². The zero-order valence-electron chi connectivity index (χ0n) is 22.2. The number of hydrogen-bond acceptors (Lipinski definition) is 6. The third-order valence-electron chi connectivity index (χ3n) is 6.25. The van der Waals surface area contributed by atoms with E-state index < -0.39 is 32.5 Å². The zero-order chi connectivity index (χ0) is 28.9. The summed E-state index contributed by atoms with van der Waals surface area (Å²) in [7, 11) is -6.43. The highest BCUT2D eigenvalue weighted by molar-refractivity contribution is 7.93. The first-order valence-corrected chi connectivity index (χ1v) is 15.1. The quantitative estimate of drug-likeness (QED) is 0.274. The second-order valence-corrected chi connectivity index (χ2v) is 12.5. The molecular formula is C29H29N3O6S2. The van der Waals surface area contributed by atoms with Gasteiger partial charge in [-0.2, -0.15) is 0 Å². The number of aryl methyl sites for hydroxylation is 1. The molecule has 4 aromatic carbocycles. The summed E-state index contributed by atoms with van der Waals surface area (Å²) in [5.41, 5.74) is 2.68. The maximum atomic E-state index is 13.6. The minimum Gasteiger partial charge on any atom is -0.497 e. The molecule has 0 heterocycles. The number of methoxy groups -OCH3 is 1. The van der Waals surface area contributed by atoms with Crippen molar-refractivity contribution < 1.29 is 26.4 Å². The van der Waals surface area contributed by atoms with Crippen LogP contribution in [0.3, 0.4) is 0 Å². The van der Waals surface area contributed by atoms with Crippen LogP contribution in [0.4, 0.5) is 17.1 Å². The molecule has 40 heavy (non-hydrogen) atoms. The predicted molar refractivity (Wildman–Crippen MR) is 156 cm³/mol. The highest BCUT2D eigenvalue weighted by Gasteiger charge is 2.28. The molecule has 4 aromatic rings. The van der Waals surface area contributed by atoms with Crippen molar-refractivity contribution in [1.29, 1.82) is 0 Å². The number of anilines is 3. The third-order valence-corrected chi connectivity index (χ3v) is 9.42. The smallest absolute Gasteiger partial charge is 0.264 e. The molecule has 2 N–H and O–H groups in total. The Morgan fingerprint density at radius 1 is 0.750 bits per heavy atom. The van der Waals surface area contributed by atoms with E-state index in [1.165, 1.54) is 43.5 Å². The normalized spacial score (nSPS) is 11.5. The highest BCUT2D eigenvalue weighted by atomic mass is 32.2. The van der Waals surface area contributed by atoms with E-state index in [1.807, 2.05) is 13.0 Å². The van der Waals surface area contributed by atoms with Crippen LogP contribution in [0.5, 0.6) is 5.75 Å². The van der Waals surface area contributed by atoms with Gasteiger partial charge in [0.2, 0.25) is 5.91 Å². The Bertz CT molecular complexity index is 1710. The standard InChI is InChI=1S/C29H29N3O6S2/c1-21-8-7-11-28(22(21)2)32(40(36,37)27-9-5-4-6-10-27)20-29(33)30-23-14-18-26(19-15-23)39(34,35)31-24-12-16-25(38-3)17-13-24/h4-19,31H,20H2,1-3H3,(H,30,33). The number of carbonyl (C=O) groups is 1. The summed E-state index contributed by atoms with van der Waals surface area (Å²) >= 11 is 0. The van der Waals surface area contributed by atoms with Crippen molar-refractivity contribution in [1.82, 2.24) is 0 Å². The van der Waals surface area contributed by atoms with Gasteiger partial charge in [-0.3, -0.25) is 13.8 Å². The number of benzene rings is 4. The van der Waals surface area contributed by atoms with Gasteiger partial charge in [0, 0.05) is 11.4 Å². The van der Waals surface area contributed by atoms with E-state index in [-0.39, 0.29) is 9.79 Å². The minimum absolute atomic E-state index is 0.00927. The van der Waals surface area contributed by atoms with Gasteiger partial charge in [-0.05, 0) is 91.7 Å². The monoisotopic (exact) mass is 579 g/mol. The molecule has 0 saturated carbocycles. The van der Waals surface area contributed by atoms with E-state index in [0.717, 1.165) is 15.4 Å². The van der Waals surface area contributed by atoms with E-state index in [4.69, 9.17) is 4.74 Å². The average Bonchev–Trinajstić information content (AvgIpc) is 2.94. The van der Waals surface area contributed by atoms with Crippen LogP contribution in [-0.2, 0) is 24.8 Å². The number of nitrogens with zero attached hydrogens (tertiary/aromatic N) is 1. The molecule has 0 aliphatic heterocycles. The summed E-state index contributed by atoms with van der Waals surface area (Å²) in [6.45, 7) is 3.18. The highest BCUT2D eigenvalue weighted by Crippen LogP contribution is 2.29. The Balaban J connectivity index is 1.53. The number of rotatable bonds is 10. The Kier molecular flexibility index (Phi) is 8.46. The fraction of sp³-hybridized carbons (Fsp3) is 0.138. The molecule has 0 saturated heterocycles. The van der Waals surface area contributed by atoms with Crippen LogP contribution in [0.25, 0.3) is 0 Å². The summed E-state index contributed by atoms with van der Waals surface area (Å²) in [5, 5.41) is 2.67.